The Morgan fingerprint density at radius 2 is 1.79 bits per heavy atom. The van der Waals surface area contributed by atoms with Gasteiger partial charge in [-0.25, -0.2) is 0 Å². The Morgan fingerprint density at radius 1 is 1.29 bits per heavy atom. The van der Waals surface area contributed by atoms with Gasteiger partial charge in [0.2, 0.25) is 0 Å². The van der Waals surface area contributed by atoms with E-state index in [0.29, 0.717) is 5.92 Å². The average molecular weight is 195 g/mol. The minimum atomic E-state index is 0.285. The van der Waals surface area contributed by atoms with E-state index in [9.17, 15) is 0 Å². The summed E-state index contributed by atoms with van der Waals surface area (Å²) in [6.07, 6.45) is 1.02. The first kappa shape index (κ1) is 13.3. The van der Waals surface area contributed by atoms with Crippen molar-refractivity contribution in [3.63, 3.8) is 0 Å². The van der Waals surface area contributed by atoms with Crippen molar-refractivity contribution >= 4 is 0 Å². The highest BCUT2D eigenvalue weighted by molar-refractivity contribution is 5.01. The van der Waals surface area contributed by atoms with Crippen molar-refractivity contribution in [2.75, 3.05) is 6.54 Å². The summed E-state index contributed by atoms with van der Waals surface area (Å²) in [5.74, 6) is 0.493. The van der Waals surface area contributed by atoms with Crippen molar-refractivity contribution in [3.8, 4) is 0 Å². The molecule has 0 radical (unpaired) electrons. The molecular formula is C13H25N. The molecule has 0 aliphatic rings. The smallest absolute Gasteiger partial charge is 0.0180 e. The summed E-state index contributed by atoms with van der Waals surface area (Å²) in [5.41, 5.74) is 2.64. The minimum Gasteiger partial charge on any atom is -0.388 e. The molecule has 0 aliphatic heterocycles. The van der Waals surface area contributed by atoms with Crippen molar-refractivity contribution < 1.29 is 0 Å². The Morgan fingerprint density at radius 3 is 2.14 bits per heavy atom. The van der Waals surface area contributed by atoms with E-state index in [1.165, 1.54) is 5.57 Å². The molecule has 1 nitrogen and oxygen atoms in total. The van der Waals surface area contributed by atoms with Gasteiger partial charge in [0.05, 0.1) is 0 Å². The molecule has 0 aromatic carbocycles. The second-order valence-corrected chi connectivity index (χ2v) is 5.25. The normalized spacial score (nSPS) is 13.5. The first-order valence-electron chi connectivity index (χ1n) is 5.32. The van der Waals surface area contributed by atoms with Crippen molar-refractivity contribution in [1.29, 1.82) is 0 Å². The van der Waals surface area contributed by atoms with E-state index in [1.54, 1.807) is 0 Å². The fourth-order valence-electron chi connectivity index (χ4n) is 1.11. The van der Waals surface area contributed by atoms with E-state index >= 15 is 0 Å². The highest BCUT2D eigenvalue weighted by atomic mass is 14.9. The summed E-state index contributed by atoms with van der Waals surface area (Å²) in [6.45, 7) is 19.9. The summed E-state index contributed by atoms with van der Waals surface area (Å²) in [5, 5.41) is 3.36. The molecule has 0 amide bonds. The van der Waals surface area contributed by atoms with Crippen LogP contribution in [0.1, 0.15) is 41.0 Å². The summed E-state index contributed by atoms with van der Waals surface area (Å²) < 4.78 is 0. The van der Waals surface area contributed by atoms with E-state index in [1.807, 2.05) is 0 Å². The van der Waals surface area contributed by atoms with Crippen LogP contribution in [0.3, 0.4) is 0 Å². The third kappa shape index (κ3) is 5.11. The minimum absolute atomic E-state index is 0.285. The molecule has 0 bridgehead atoms. The Labute approximate surface area is 89.3 Å². The average Bonchev–Trinajstić information content (AvgIpc) is 2.00. The molecule has 0 saturated carbocycles. The summed E-state index contributed by atoms with van der Waals surface area (Å²) in [4.78, 5) is 0. The molecule has 0 fully saturated rings. The molecule has 0 heterocycles. The fraction of sp³-hybridized carbons (Fsp3) is 0.692. The van der Waals surface area contributed by atoms with Crippen molar-refractivity contribution in [2.24, 2.45) is 11.3 Å². The van der Waals surface area contributed by atoms with Gasteiger partial charge in [0.15, 0.2) is 0 Å². The number of hydrogen-bond acceptors (Lipinski definition) is 1. The number of allylic oxidation sites excluding steroid dienone is 1. The fourth-order valence-corrected chi connectivity index (χ4v) is 1.11. The van der Waals surface area contributed by atoms with Crippen LogP contribution in [0.2, 0.25) is 0 Å². The molecule has 0 rings (SSSR count). The molecule has 1 N–H and O–H groups in total. The summed E-state index contributed by atoms with van der Waals surface area (Å²) >= 11 is 0. The van der Waals surface area contributed by atoms with E-state index in [0.717, 1.165) is 18.7 Å². The highest BCUT2D eigenvalue weighted by Gasteiger charge is 2.21. The summed E-state index contributed by atoms with van der Waals surface area (Å²) in [6, 6.07) is 0. The number of hydrogen-bond donors (Lipinski definition) is 1. The number of rotatable bonds is 5. The Kier molecular flexibility index (Phi) is 4.96. The lowest BCUT2D eigenvalue weighted by atomic mass is 9.80. The van der Waals surface area contributed by atoms with Gasteiger partial charge in [0.1, 0.15) is 0 Å². The van der Waals surface area contributed by atoms with Crippen LogP contribution in [-0.4, -0.2) is 6.54 Å². The van der Waals surface area contributed by atoms with Crippen LogP contribution in [0.25, 0.3) is 0 Å². The predicted octanol–water partition coefficient (Wildman–Crippen LogP) is 3.74. The molecule has 82 valence electrons. The second kappa shape index (κ2) is 5.23. The lowest BCUT2D eigenvalue weighted by molar-refractivity contribution is 0.290. The van der Waals surface area contributed by atoms with Crippen molar-refractivity contribution in [3.05, 3.63) is 24.4 Å². The first-order valence-corrected chi connectivity index (χ1v) is 5.32. The number of nitrogens with one attached hydrogen (secondary N) is 1. The van der Waals surface area contributed by atoms with Gasteiger partial charge < -0.3 is 5.32 Å². The van der Waals surface area contributed by atoms with Crippen LogP contribution in [0.15, 0.2) is 24.4 Å². The second-order valence-electron chi connectivity index (χ2n) is 5.25. The predicted molar refractivity (Wildman–Crippen MR) is 65.2 cm³/mol. The van der Waals surface area contributed by atoms with E-state index in [2.05, 4.69) is 53.1 Å². The Hall–Kier alpha value is -0.720. The lowest BCUT2D eigenvalue weighted by Crippen LogP contribution is -2.27. The van der Waals surface area contributed by atoms with Crippen LogP contribution >= 0.6 is 0 Å². The van der Waals surface area contributed by atoms with Gasteiger partial charge in [-0.15, -0.1) is 6.58 Å². The molecule has 0 aromatic rings. The van der Waals surface area contributed by atoms with Gasteiger partial charge in [-0.3, -0.25) is 0 Å². The van der Waals surface area contributed by atoms with Gasteiger partial charge in [0, 0.05) is 18.2 Å². The Balaban J connectivity index is 3.91. The van der Waals surface area contributed by atoms with Crippen LogP contribution in [0.5, 0.6) is 0 Å². The van der Waals surface area contributed by atoms with Gasteiger partial charge in [0.25, 0.3) is 0 Å². The van der Waals surface area contributed by atoms with Crippen molar-refractivity contribution in [1.82, 2.24) is 5.32 Å². The van der Waals surface area contributed by atoms with Gasteiger partial charge in [-0.1, -0.05) is 39.8 Å². The quantitative estimate of drug-likeness (QED) is 0.659. The molecule has 1 unspecified atom stereocenters. The molecule has 0 spiro atoms. The molecule has 0 saturated heterocycles. The molecule has 1 atom stereocenters. The zero-order valence-electron chi connectivity index (χ0n) is 10.4. The maximum atomic E-state index is 4.08. The zero-order valence-corrected chi connectivity index (χ0v) is 10.4. The highest BCUT2D eigenvalue weighted by Crippen LogP contribution is 2.29. The largest absolute Gasteiger partial charge is 0.388 e. The van der Waals surface area contributed by atoms with Crippen LogP contribution in [0, 0.1) is 11.3 Å². The molecule has 0 aromatic heterocycles. The zero-order chi connectivity index (χ0) is 11.4. The van der Waals surface area contributed by atoms with Crippen LogP contribution in [0.4, 0.5) is 0 Å². The molecule has 1 heteroatoms. The molecule has 14 heavy (non-hydrogen) atoms. The van der Waals surface area contributed by atoms with Crippen LogP contribution in [-0.2, 0) is 0 Å². The van der Waals surface area contributed by atoms with E-state index in [4.69, 9.17) is 0 Å². The third-order valence-corrected chi connectivity index (χ3v) is 2.73. The van der Waals surface area contributed by atoms with E-state index < -0.39 is 0 Å². The molecule has 0 aliphatic carbocycles. The maximum absolute atomic E-state index is 4.08. The topological polar surface area (TPSA) is 12.0 Å². The Bertz CT molecular complexity index is 208. The third-order valence-electron chi connectivity index (χ3n) is 2.73. The summed E-state index contributed by atoms with van der Waals surface area (Å²) in [7, 11) is 0. The molecular weight excluding hydrogens is 170 g/mol. The van der Waals surface area contributed by atoms with Gasteiger partial charge in [-0.05, 0) is 18.8 Å². The first-order chi connectivity index (χ1) is 6.25. The monoisotopic (exact) mass is 195 g/mol. The maximum Gasteiger partial charge on any atom is 0.0180 e. The standard InChI is InChI=1S/C13H25N/c1-10(2)8-9-14-12(4)11(3)13(5,6)7/h11,14H,1,4,8-9H2,2-3,5-7H3. The van der Waals surface area contributed by atoms with Gasteiger partial charge >= 0.3 is 0 Å². The van der Waals surface area contributed by atoms with Crippen molar-refractivity contribution in [2.45, 2.75) is 41.0 Å². The SMILES string of the molecule is C=C(C)CCNC(=C)C(C)C(C)(C)C. The van der Waals surface area contributed by atoms with E-state index in [-0.39, 0.29) is 5.41 Å². The van der Waals surface area contributed by atoms with Gasteiger partial charge in [-0.2, -0.15) is 0 Å². The lowest BCUT2D eigenvalue weighted by Gasteiger charge is -2.29. The van der Waals surface area contributed by atoms with Crippen LogP contribution < -0.4 is 5.32 Å².